The minimum atomic E-state index is -1.05. The van der Waals surface area contributed by atoms with E-state index in [-0.39, 0.29) is 17.4 Å². The molecule has 0 spiro atoms. The molecule has 28 heavy (non-hydrogen) atoms. The molecule has 2 aliphatic rings. The SMILES string of the molecule is O=C(Nc1ccc(N2CCN(C(=O)C3CC3)CC2)cc1)c1ccc(F)c(F)c1. The minimum Gasteiger partial charge on any atom is -0.368 e. The molecule has 7 heteroatoms. The van der Waals surface area contributed by atoms with E-state index < -0.39 is 17.5 Å². The fraction of sp³-hybridized carbons (Fsp3) is 0.333. The monoisotopic (exact) mass is 385 g/mol. The number of carbonyl (C=O) groups is 2. The van der Waals surface area contributed by atoms with Crippen LogP contribution in [0.1, 0.15) is 23.2 Å². The fourth-order valence-corrected chi connectivity index (χ4v) is 3.37. The van der Waals surface area contributed by atoms with Crippen molar-refractivity contribution in [3.8, 4) is 0 Å². The molecule has 2 aromatic rings. The number of benzene rings is 2. The van der Waals surface area contributed by atoms with Crippen molar-refractivity contribution in [1.29, 1.82) is 0 Å². The first-order valence-electron chi connectivity index (χ1n) is 9.41. The van der Waals surface area contributed by atoms with E-state index in [0.717, 1.165) is 56.8 Å². The summed E-state index contributed by atoms with van der Waals surface area (Å²) >= 11 is 0. The maximum Gasteiger partial charge on any atom is 0.255 e. The van der Waals surface area contributed by atoms with Gasteiger partial charge < -0.3 is 15.1 Å². The molecule has 146 valence electrons. The maximum atomic E-state index is 13.3. The normalized spacial score (nSPS) is 16.8. The van der Waals surface area contributed by atoms with Gasteiger partial charge in [-0.1, -0.05) is 0 Å². The molecule has 1 saturated heterocycles. The molecule has 1 aliphatic carbocycles. The standard InChI is InChI=1S/C21H21F2N3O2/c22-18-8-3-15(13-19(18)23)20(27)24-16-4-6-17(7-5-16)25-9-11-26(12-10-25)21(28)14-1-2-14/h3-8,13-14H,1-2,9-12H2,(H,24,27). The lowest BCUT2D eigenvalue weighted by molar-refractivity contribution is -0.132. The summed E-state index contributed by atoms with van der Waals surface area (Å²) in [6, 6.07) is 10.4. The molecule has 1 heterocycles. The second-order valence-corrected chi connectivity index (χ2v) is 7.22. The zero-order valence-electron chi connectivity index (χ0n) is 15.3. The first-order chi connectivity index (χ1) is 13.5. The molecule has 0 aromatic heterocycles. The van der Waals surface area contributed by atoms with Crippen LogP contribution in [0.2, 0.25) is 0 Å². The highest BCUT2D eigenvalue weighted by molar-refractivity contribution is 6.04. The zero-order valence-corrected chi connectivity index (χ0v) is 15.3. The second-order valence-electron chi connectivity index (χ2n) is 7.22. The average Bonchev–Trinajstić information content (AvgIpc) is 3.55. The number of anilines is 2. The number of nitrogens with one attached hydrogen (secondary N) is 1. The van der Waals surface area contributed by atoms with Crippen LogP contribution in [0.15, 0.2) is 42.5 Å². The van der Waals surface area contributed by atoms with Crippen LogP contribution in [0.25, 0.3) is 0 Å². The lowest BCUT2D eigenvalue weighted by atomic mass is 10.2. The van der Waals surface area contributed by atoms with Crippen molar-refractivity contribution in [3.05, 3.63) is 59.7 Å². The van der Waals surface area contributed by atoms with Gasteiger partial charge in [0.05, 0.1) is 0 Å². The Labute approximate surface area is 161 Å². The van der Waals surface area contributed by atoms with Gasteiger partial charge in [-0.15, -0.1) is 0 Å². The summed E-state index contributed by atoms with van der Waals surface area (Å²) in [7, 11) is 0. The van der Waals surface area contributed by atoms with Gasteiger partial charge in [-0.3, -0.25) is 9.59 Å². The molecule has 2 aromatic carbocycles. The first-order valence-corrected chi connectivity index (χ1v) is 9.41. The van der Waals surface area contributed by atoms with Crippen LogP contribution >= 0.6 is 0 Å². The maximum absolute atomic E-state index is 13.3. The molecule has 5 nitrogen and oxygen atoms in total. The minimum absolute atomic E-state index is 0.0550. The Morgan fingerprint density at radius 3 is 2.18 bits per heavy atom. The van der Waals surface area contributed by atoms with Gasteiger partial charge in [0.15, 0.2) is 11.6 Å². The van der Waals surface area contributed by atoms with Crippen molar-refractivity contribution in [2.45, 2.75) is 12.8 Å². The number of halogens is 2. The molecule has 1 saturated carbocycles. The number of carbonyl (C=O) groups excluding carboxylic acids is 2. The number of piperazine rings is 1. The van der Waals surface area contributed by atoms with E-state index in [9.17, 15) is 18.4 Å². The van der Waals surface area contributed by atoms with E-state index in [1.165, 1.54) is 6.07 Å². The van der Waals surface area contributed by atoms with Gasteiger partial charge in [0, 0.05) is 49.0 Å². The highest BCUT2D eigenvalue weighted by Crippen LogP contribution is 2.31. The molecule has 0 bridgehead atoms. The molecule has 1 N–H and O–H groups in total. The highest BCUT2D eigenvalue weighted by Gasteiger charge is 2.34. The van der Waals surface area contributed by atoms with Crippen molar-refractivity contribution in [3.63, 3.8) is 0 Å². The number of rotatable bonds is 4. The van der Waals surface area contributed by atoms with Crippen molar-refractivity contribution in [1.82, 2.24) is 4.90 Å². The second kappa shape index (κ2) is 7.58. The summed E-state index contributed by atoms with van der Waals surface area (Å²) in [6.07, 6.45) is 2.05. The van der Waals surface area contributed by atoms with Gasteiger partial charge in [-0.05, 0) is 55.3 Å². The van der Waals surface area contributed by atoms with Crippen LogP contribution in [-0.2, 0) is 4.79 Å². The third-order valence-corrected chi connectivity index (χ3v) is 5.19. The molecule has 0 unspecified atom stereocenters. The molecule has 4 rings (SSSR count). The van der Waals surface area contributed by atoms with E-state index in [4.69, 9.17) is 0 Å². The predicted octanol–water partition coefficient (Wildman–Crippen LogP) is 3.28. The Bertz CT molecular complexity index is 889. The lowest BCUT2D eigenvalue weighted by Gasteiger charge is -2.36. The van der Waals surface area contributed by atoms with E-state index in [2.05, 4.69) is 10.2 Å². The van der Waals surface area contributed by atoms with Gasteiger partial charge in [0.2, 0.25) is 5.91 Å². The summed E-state index contributed by atoms with van der Waals surface area (Å²) in [4.78, 5) is 28.5. The fourth-order valence-electron chi connectivity index (χ4n) is 3.37. The van der Waals surface area contributed by atoms with Crippen LogP contribution in [0, 0.1) is 17.6 Å². The van der Waals surface area contributed by atoms with Crippen LogP contribution < -0.4 is 10.2 Å². The Morgan fingerprint density at radius 2 is 1.57 bits per heavy atom. The molecular weight excluding hydrogens is 364 g/mol. The lowest BCUT2D eigenvalue weighted by Crippen LogP contribution is -2.49. The van der Waals surface area contributed by atoms with Crippen LogP contribution in [-0.4, -0.2) is 42.9 Å². The summed E-state index contributed by atoms with van der Waals surface area (Å²) in [5.74, 6) is -2.00. The molecule has 0 atom stereocenters. The predicted molar refractivity (Wildman–Crippen MR) is 102 cm³/mol. The van der Waals surface area contributed by atoms with Gasteiger partial charge in [-0.25, -0.2) is 8.78 Å². The smallest absolute Gasteiger partial charge is 0.255 e. The molecule has 0 radical (unpaired) electrons. The van der Waals surface area contributed by atoms with Crippen LogP contribution in [0.3, 0.4) is 0 Å². The van der Waals surface area contributed by atoms with Crippen molar-refractivity contribution in [2.24, 2.45) is 5.92 Å². The number of amides is 2. The quantitative estimate of drug-likeness (QED) is 0.879. The average molecular weight is 385 g/mol. The number of hydrogen-bond donors (Lipinski definition) is 1. The van der Waals surface area contributed by atoms with E-state index >= 15 is 0 Å². The third kappa shape index (κ3) is 3.98. The van der Waals surface area contributed by atoms with Crippen molar-refractivity contribution < 1.29 is 18.4 Å². The highest BCUT2D eigenvalue weighted by atomic mass is 19.2. The van der Waals surface area contributed by atoms with E-state index in [1.54, 1.807) is 12.1 Å². The van der Waals surface area contributed by atoms with E-state index in [0.29, 0.717) is 5.69 Å². The summed E-state index contributed by atoms with van der Waals surface area (Å²) in [5, 5.41) is 2.68. The first kappa shape index (κ1) is 18.4. The summed E-state index contributed by atoms with van der Waals surface area (Å²) in [5.41, 5.74) is 1.64. The van der Waals surface area contributed by atoms with Crippen molar-refractivity contribution in [2.75, 3.05) is 36.4 Å². The summed E-state index contributed by atoms with van der Waals surface area (Å²) < 4.78 is 26.3. The zero-order chi connectivity index (χ0) is 19.7. The Morgan fingerprint density at radius 1 is 0.893 bits per heavy atom. The number of hydrogen-bond acceptors (Lipinski definition) is 3. The molecular formula is C21H21F2N3O2. The van der Waals surface area contributed by atoms with Crippen LogP contribution in [0.4, 0.5) is 20.2 Å². The Balaban J connectivity index is 1.34. The molecule has 2 amide bonds. The third-order valence-electron chi connectivity index (χ3n) is 5.19. The topological polar surface area (TPSA) is 52.7 Å². The van der Waals surface area contributed by atoms with Gasteiger partial charge in [0.1, 0.15) is 0 Å². The van der Waals surface area contributed by atoms with Gasteiger partial charge in [-0.2, -0.15) is 0 Å². The molecule has 2 fully saturated rings. The number of nitrogens with zero attached hydrogens (tertiary/aromatic N) is 2. The van der Waals surface area contributed by atoms with Gasteiger partial charge in [0.25, 0.3) is 5.91 Å². The van der Waals surface area contributed by atoms with Gasteiger partial charge >= 0.3 is 0 Å². The van der Waals surface area contributed by atoms with Crippen LogP contribution in [0.5, 0.6) is 0 Å². The van der Waals surface area contributed by atoms with Crippen molar-refractivity contribution >= 4 is 23.2 Å². The van der Waals surface area contributed by atoms with E-state index in [1.807, 2.05) is 17.0 Å². The molecule has 1 aliphatic heterocycles. The summed E-state index contributed by atoms with van der Waals surface area (Å²) in [6.45, 7) is 3.01. The Hall–Kier alpha value is -2.96. The Kier molecular flexibility index (Phi) is 4.98. The largest absolute Gasteiger partial charge is 0.368 e.